The van der Waals surface area contributed by atoms with Crippen LogP contribution in [-0.4, -0.2) is 45.7 Å². The predicted molar refractivity (Wildman–Crippen MR) is 99.5 cm³/mol. The van der Waals surface area contributed by atoms with Crippen molar-refractivity contribution in [1.29, 1.82) is 0 Å². The van der Waals surface area contributed by atoms with Crippen molar-refractivity contribution in [3.8, 4) is 5.75 Å². The number of nitrogens with one attached hydrogen (secondary N) is 1. The summed E-state index contributed by atoms with van der Waals surface area (Å²) < 4.78 is 11.9. The smallest absolute Gasteiger partial charge is 0.330 e. The van der Waals surface area contributed by atoms with Crippen LogP contribution in [0.3, 0.4) is 0 Å². The number of aliphatic hydroxyl groups is 2. The molecule has 27 heavy (non-hydrogen) atoms. The van der Waals surface area contributed by atoms with Crippen molar-refractivity contribution in [2.75, 3.05) is 13.7 Å². The van der Waals surface area contributed by atoms with Gasteiger partial charge in [-0.25, -0.2) is 4.79 Å². The van der Waals surface area contributed by atoms with Crippen molar-refractivity contribution in [3.63, 3.8) is 0 Å². The van der Waals surface area contributed by atoms with Gasteiger partial charge in [-0.1, -0.05) is 12.1 Å². The van der Waals surface area contributed by atoms with Gasteiger partial charge < -0.3 is 19.7 Å². The third-order valence-electron chi connectivity index (χ3n) is 4.61. The van der Waals surface area contributed by atoms with Gasteiger partial charge in [-0.3, -0.25) is 14.3 Å². The molecule has 0 spiro atoms. The third-order valence-corrected chi connectivity index (χ3v) is 4.61. The second-order valence-electron chi connectivity index (χ2n) is 6.42. The topological polar surface area (TPSA) is 114 Å². The molecular weight excluding hydrogens is 352 g/mol. The van der Waals surface area contributed by atoms with E-state index in [9.17, 15) is 19.8 Å². The van der Waals surface area contributed by atoms with Crippen LogP contribution >= 0.6 is 0 Å². The summed E-state index contributed by atoms with van der Waals surface area (Å²) in [7, 11) is 1.59. The highest BCUT2D eigenvalue weighted by Crippen LogP contribution is 2.27. The molecule has 8 heteroatoms. The van der Waals surface area contributed by atoms with Gasteiger partial charge in [-0.2, -0.15) is 0 Å². The van der Waals surface area contributed by atoms with Crippen LogP contribution in [0.2, 0.25) is 0 Å². The van der Waals surface area contributed by atoms with Crippen LogP contribution in [0.15, 0.2) is 40.1 Å². The fraction of sp³-hybridized carbons (Fsp3) is 0.368. The van der Waals surface area contributed by atoms with E-state index in [2.05, 4.69) is 4.98 Å². The lowest BCUT2D eigenvalue weighted by molar-refractivity contribution is -0.0459. The number of ether oxygens (including phenoxy) is 2. The van der Waals surface area contributed by atoms with E-state index in [0.717, 1.165) is 16.9 Å². The molecule has 1 aromatic carbocycles. The second kappa shape index (κ2) is 7.91. The lowest BCUT2D eigenvalue weighted by Gasteiger charge is -2.15. The second-order valence-corrected chi connectivity index (χ2v) is 6.42. The predicted octanol–water partition coefficient (Wildman–Crippen LogP) is 0.746. The Labute approximate surface area is 155 Å². The molecule has 1 aromatic heterocycles. The van der Waals surface area contributed by atoms with E-state index in [1.165, 1.54) is 10.8 Å². The van der Waals surface area contributed by atoms with Gasteiger partial charge in [-0.05, 0) is 36.3 Å². The van der Waals surface area contributed by atoms with E-state index >= 15 is 0 Å². The van der Waals surface area contributed by atoms with E-state index in [4.69, 9.17) is 9.47 Å². The summed E-state index contributed by atoms with van der Waals surface area (Å²) in [6, 6.07) is 7.38. The van der Waals surface area contributed by atoms with Crippen LogP contribution in [0.4, 0.5) is 0 Å². The molecule has 1 saturated heterocycles. The first-order valence-electron chi connectivity index (χ1n) is 8.55. The summed E-state index contributed by atoms with van der Waals surface area (Å²) in [6.07, 6.45) is 0.844. The summed E-state index contributed by atoms with van der Waals surface area (Å²) in [6.45, 7) is 1.51. The van der Waals surface area contributed by atoms with E-state index in [1.807, 2.05) is 31.2 Å². The molecule has 1 aliphatic heterocycles. The molecule has 8 nitrogen and oxygen atoms in total. The zero-order valence-corrected chi connectivity index (χ0v) is 15.1. The Morgan fingerprint density at radius 2 is 2.07 bits per heavy atom. The molecule has 3 N–H and O–H groups in total. The van der Waals surface area contributed by atoms with Gasteiger partial charge in [0, 0.05) is 12.6 Å². The first-order valence-corrected chi connectivity index (χ1v) is 8.55. The molecule has 1 aliphatic rings. The molecule has 0 unspecified atom stereocenters. The molecule has 2 heterocycles. The van der Waals surface area contributed by atoms with Crippen molar-refractivity contribution < 1.29 is 19.7 Å². The van der Waals surface area contributed by atoms with E-state index in [0.29, 0.717) is 0 Å². The first kappa shape index (κ1) is 19.1. The van der Waals surface area contributed by atoms with Crippen molar-refractivity contribution >= 4 is 11.6 Å². The molecular formula is C19H22N2O6. The Morgan fingerprint density at radius 3 is 2.67 bits per heavy atom. The fourth-order valence-corrected chi connectivity index (χ4v) is 3.04. The van der Waals surface area contributed by atoms with Crippen molar-refractivity contribution in [3.05, 3.63) is 62.4 Å². The van der Waals surface area contributed by atoms with Gasteiger partial charge >= 0.3 is 5.69 Å². The highest BCUT2D eigenvalue weighted by molar-refractivity contribution is 5.79. The van der Waals surface area contributed by atoms with Gasteiger partial charge in [0.25, 0.3) is 5.56 Å². The van der Waals surface area contributed by atoms with Crippen LogP contribution in [-0.2, 0) is 4.74 Å². The molecule has 0 radical (unpaired) electrons. The average molecular weight is 374 g/mol. The van der Waals surface area contributed by atoms with Gasteiger partial charge in [0.05, 0.1) is 25.4 Å². The number of hydrogen-bond donors (Lipinski definition) is 3. The Balaban J connectivity index is 1.94. The highest BCUT2D eigenvalue weighted by atomic mass is 16.5. The summed E-state index contributed by atoms with van der Waals surface area (Å²) in [5, 5.41) is 19.1. The maximum Gasteiger partial charge on any atom is 0.330 e. The minimum atomic E-state index is -0.876. The monoisotopic (exact) mass is 374 g/mol. The molecule has 0 saturated carbocycles. The Kier molecular flexibility index (Phi) is 5.59. The maximum absolute atomic E-state index is 12.2. The van der Waals surface area contributed by atoms with Crippen LogP contribution in [0, 0.1) is 0 Å². The van der Waals surface area contributed by atoms with Crippen molar-refractivity contribution in [1.82, 2.24) is 9.55 Å². The van der Waals surface area contributed by atoms with Gasteiger partial charge in [-0.15, -0.1) is 0 Å². The van der Waals surface area contributed by atoms with Gasteiger partial charge in [0.15, 0.2) is 0 Å². The zero-order chi connectivity index (χ0) is 19.6. The van der Waals surface area contributed by atoms with Crippen molar-refractivity contribution in [2.45, 2.75) is 31.8 Å². The molecule has 2 aromatic rings. The number of aromatic amines is 1. The Hall–Kier alpha value is -2.68. The maximum atomic E-state index is 12.2. The third kappa shape index (κ3) is 4.02. The van der Waals surface area contributed by atoms with Crippen LogP contribution in [0.25, 0.3) is 11.6 Å². The van der Waals surface area contributed by atoms with E-state index < -0.39 is 29.7 Å². The molecule has 0 amide bonds. The summed E-state index contributed by atoms with van der Waals surface area (Å²) in [5.41, 5.74) is 0.875. The normalized spacial score (nSPS) is 22.8. The van der Waals surface area contributed by atoms with Gasteiger partial charge in [0.1, 0.15) is 18.1 Å². The number of benzene rings is 1. The molecule has 0 bridgehead atoms. The quantitative estimate of drug-likeness (QED) is 0.712. The fourth-order valence-electron chi connectivity index (χ4n) is 3.04. The number of H-pyrrole nitrogens is 1. The number of aromatic nitrogens is 2. The minimum Gasteiger partial charge on any atom is -0.497 e. The summed E-state index contributed by atoms with van der Waals surface area (Å²) >= 11 is 0. The van der Waals surface area contributed by atoms with E-state index in [1.54, 1.807) is 13.2 Å². The van der Waals surface area contributed by atoms with Crippen LogP contribution < -0.4 is 16.0 Å². The highest BCUT2D eigenvalue weighted by Gasteiger charge is 2.35. The molecule has 144 valence electrons. The summed E-state index contributed by atoms with van der Waals surface area (Å²) in [5.74, 6) is 0.730. The molecule has 3 atom stereocenters. The summed E-state index contributed by atoms with van der Waals surface area (Å²) in [4.78, 5) is 26.6. The zero-order valence-electron chi connectivity index (χ0n) is 15.1. The molecule has 3 rings (SSSR count). The number of methoxy groups -OCH3 is 1. The Bertz CT molecular complexity index is 944. The number of rotatable bonds is 5. The molecule has 0 aliphatic carbocycles. The average Bonchev–Trinajstić information content (AvgIpc) is 3.04. The number of nitrogens with zero attached hydrogens (tertiary/aromatic N) is 1. The van der Waals surface area contributed by atoms with E-state index in [-0.39, 0.29) is 18.6 Å². The minimum absolute atomic E-state index is 0.151. The standard InChI is InChI=1S/C19H22N2O6/c1-11(12-3-5-14(26-2)6-4-12)7-13-9-21(19(25)20-18(13)24)17-8-15(23)16(10-22)27-17/h3-7,9,15-17,22-23H,8,10H2,1-2H3,(H,20,24,25)/b11-7+/t15-,16+,17+/m0/s1. The van der Waals surface area contributed by atoms with Gasteiger partial charge in [0.2, 0.25) is 0 Å². The van der Waals surface area contributed by atoms with Crippen LogP contribution in [0.5, 0.6) is 5.75 Å². The largest absolute Gasteiger partial charge is 0.497 e. The number of hydrogen-bond acceptors (Lipinski definition) is 6. The number of allylic oxidation sites excluding steroid dienone is 1. The van der Waals surface area contributed by atoms with Crippen LogP contribution in [0.1, 0.15) is 30.7 Å². The molecule has 1 fully saturated rings. The number of aliphatic hydroxyl groups excluding tert-OH is 2. The SMILES string of the molecule is COc1ccc(/C(C)=C/c2cn([C@H]3C[C@H](O)[C@@H](CO)O3)c(=O)[nH]c2=O)cc1. The van der Waals surface area contributed by atoms with Crippen molar-refractivity contribution in [2.24, 2.45) is 0 Å². The lowest BCUT2D eigenvalue weighted by atomic mass is 10.1. The Morgan fingerprint density at radius 1 is 1.37 bits per heavy atom. The first-order chi connectivity index (χ1) is 12.9. The lowest BCUT2D eigenvalue weighted by Crippen LogP contribution is -2.33.